The molecule has 2 aromatic heterocycles. The summed E-state index contributed by atoms with van der Waals surface area (Å²) in [7, 11) is 3.33. The molecule has 0 aliphatic rings. The van der Waals surface area contributed by atoms with E-state index in [1.54, 1.807) is 32.2 Å². The molecule has 9 nitrogen and oxygen atoms in total. The van der Waals surface area contributed by atoms with E-state index in [0.717, 1.165) is 23.4 Å². The van der Waals surface area contributed by atoms with E-state index in [1.807, 2.05) is 42.1 Å². The van der Waals surface area contributed by atoms with Crippen molar-refractivity contribution in [3.8, 4) is 17.1 Å². The van der Waals surface area contributed by atoms with Crippen LogP contribution < -0.4 is 10.1 Å². The summed E-state index contributed by atoms with van der Waals surface area (Å²) in [6.45, 7) is 5.06. The van der Waals surface area contributed by atoms with Gasteiger partial charge in [0, 0.05) is 30.9 Å². The largest absolute Gasteiger partial charge is 0.497 e. The first-order chi connectivity index (χ1) is 13.5. The molecule has 0 radical (unpaired) electrons. The van der Waals surface area contributed by atoms with Crippen LogP contribution in [-0.2, 0) is 13.1 Å². The maximum atomic E-state index is 12.4. The maximum Gasteiger partial charge on any atom is 0.318 e. The lowest BCUT2D eigenvalue weighted by Crippen LogP contribution is -2.38. The van der Waals surface area contributed by atoms with Crippen LogP contribution in [0.2, 0.25) is 0 Å². The average molecular weight is 384 g/mol. The molecule has 0 fully saturated rings. The Hall–Kier alpha value is -3.36. The predicted molar refractivity (Wildman–Crippen MR) is 103 cm³/mol. The highest BCUT2D eigenvalue weighted by atomic mass is 16.5. The molecule has 0 saturated carbocycles. The highest BCUT2D eigenvalue weighted by Crippen LogP contribution is 2.21. The zero-order chi connectivity index (χ0) is 20.1. The van der Waals surface area contributed by atoms with E-state index in [4.69, 9.17) is 9.26 Å². The third-order valence-corrected chi connectivity index (χ3v) is 4.28. The number of nitrogens with one attached hydrogen (secondary N) is 1. The van der Waals surface area contributed by atoms with Gasteiger partial charge in [-0.2, -0.15) is 10.1 Å². The van der Waals surface area contributed by atoms with Crippen LogP contribution >= 0.6 is 0 Å². The smallest absolute Gasteiger partial charge is 0.318 e. The second-order valence-electron chi connectivity index (χ2n) is 6.42. The van der Waals surface area contributed by atoms with Gasteiger partial charge in [-0.25, -0.2) is 4.79 Å². The number of aromatic nitrogens is 4. The zero-order valence-corrected chi connectivity index (χ0v) is 16.4. The van der Waals surface area contributed by atoms with E-state index in [9.17, 15) is 4.79 Å². The molecule has 0 bridgehead atoms. The van der Waals surface area contributed by atoms with Gasteiger partial charge < -0.3 is 19.5 Å². The lowest BCUT2D eigenvalue weighted by atomic mass is 10.2. The second kappa shape index (κ2) is 8.55. The molecule has 0 spiro atoms. The summed E-state index contributed by atoms with van der Waals surface area (Å²) in [6.07, 6.45) is 3.68. The number of ether oxygens (including phenoxy) is 1. The minimum Gasteiger partial charge on any atom is -0.497 e. The van der Waals surface area contributed by atoms with Crippen LogP contribution in [0, 0.1) is 0 Å². The van der Waals surface area contributed by atoms with Crippen molar-refractivity contribution < 1.29 is 14.1 Å². The quantitative estimate of drug-likeness (QED) is 0.673. The number of urea groups is 1. The van der Waals surface area contributed by atoms with Gasteiger partial charge in [0.2, 0.25) is 11.7 Å². The number of hydrogen-bond acceptors (Lipinski definition) is 6. The highest BCUT2D eigenvalue weighted by molar-refractivity contribution is 5.74. The Morgan fingerprint density at radius 3 is 2.75 bits per heavy atom. The summed E-state index contributed by atoms with van der Waals surface area (Å²) in [5.41, 5.74) is 1.77. The molecule has 0 saturated heterocycles. The normalized spacial score (nSPS) is 11.9. The van der Waals surface area contributed by atoms with Crippen LogP contribution in [0.15, 0.2) is 41.2 Å². The third kappa shape index (κ3) is 4.48. The Labute approximate surface area is 163 Å². The molecule has 1 atom stereocenters. The van der Waals surface area contributed by atoms with Crippen LogP contribution in [0.4, 0.5) is 4.79 Å². The number of rotatable bonds is 7. The standard InChI is InChI=1S/C19H24N6O3/c1-5-25-12-14(10-20-25)11-24(3)19(26)21-13(2)18-22-17(23-28-18)15-6-8-16(27-4)9-7-15/h6-10,12-13H,5,11H2,1-4H3,(H,21,26)/t13-/m1/s1. The first-order valence-corrected chi connectivity index (χ1v) is 9.01. The van der Waals surface area contributed by atoms with Gasteiger partial charge in [-0.05, 0) is 38.1 Å². The first-order valence-electron chi connectivity index (χ1n) is 9.01. The van der Waals surface area contributed by atoms with E-state index in [1.165, 1.54) is 0 Å². The summed E-state index contributed by atoms with van der Waals surface area (Å²) in [6, 6.07) is 6.69. The number of aryl methyl sites for hydroxylation is 1. The minimum atomic E-state index is -0.423. The lowest BCUT2D eigenvalue weighted by Gasteiger charge is -2.19. The molecule has 2 heterocycles. The molecule has 148 valence electrons. The Morgan fingerprint density at radius 2 is 2.11 bits per heavy atom. The zero-order valence-electron chi connectivity index (χ0n) is 16.4. The molecule has 2 amide bonds. The highest BCUT2D eigenvalue weighted by Gasteiger charge is 2.19. The van der Waals surface area contributed by atoms with E-state index in [0.29, 0.717) is 18.3 Å². The number of nitrogens with zero attached hydrogens (tertiary/aromatic N) is 5. The molecule has 28 heavy (non-hydrogen) atoms. The molecule has 0 aliphatic carbocycles. The van der Waals surface area contributed by atoms with Crippen molar-refractivity contribution in [1.82, 2.24) is 30.1 Å². The van der Waals surface area contributed by atoms with Gasteiger partial charge in [0.1, 0.15) is 11.8 Å². The van der Waals surface area contributed by atoms with E-state index < -0.39 is 6.04 Å². The van der Waals surface area contributed by atoms with Gasteiger partial charge in [-0.1, -0.05) is 5.16 Å². The predicted octanol–water partition coefficient (Wildman–Crippen LogP) is 2.86. The maximum absolute atomic E-state index is 12.4. The van der Waals surface area contributed by atoms with E-state index in [-0.39, 0.29) is 6.03 Å². The van der Waals surface area contributed by atoms with Gasteiger partial charge in [0.25, 0.3) is 0 Å². The van der Waals surface area contributed by atoms with Gasteiger partial charge in [0.05, 0.1) is 19.9 Å². The molecule has 0 unspecified atom stereocenters. The molecule has 3 rings (SSSR count). The Morgan fingerprint density at radius 1 is 1.36 bits per heavy atom. The second-order valence-corrected chi connectivity index (χ2v) is 6.42. The molecule has 1 N–H and O–H groups in total. The number of carbonyl (C=O) groups is 1. The molecular formula is C19H24N6O3. The number of carbonyl (C=O) groups excluding carboxylic acids is 1. The first kappa shape index (κ1) is 19.4. The fraction of sp³-hybridized carbons (Fsp3) is 0.368. The number of benzene rings is 1. The average Bonchev–Trinajstić information content (AvgIpc) is 3.37. The van der Waals surface area contributed by atoms with Gasteiger partial charge >= 0.3 is 6.03 Å². The number of amides is 2. The van der Waals surface area contributed by atoms with Gasteiger partial charge in [-0.15, -0.1) is 0 Å². The van der Waals surface area contributed by atoms with Crippen molar-refractivity contribution >= 4 is 6.03 Å². The van der Waals surface area contributed by atoms with Crippen LogP contribution in [0.3, 0.4) is 0 Å². The van der Waals surface area contributed by atoms with E-state index >= 15 is 0 Å². The third-order valence-electron chi connectivity index (χ3n) is 4.28. The minimum absolute atomic E-state index is 0.235. The number of hydrogen-bond donors (Lipinski definition) is 1. The summed E-state index contributed by atoms with van der Waals surface area (Å²) < 4.78 is 12.3. The summed E-state index contributed by atoms with van der Waals surface area (Å²) >= 11 is 0. The monoisotopic (exact) mass is 384 g/mol. The fourth-order valence-corrected chi connectivity index (χ4v) is 2.63. The summed E-state index contributed by atoms with van der Waals surface area (Å²) in [5, 5.41) is 11.1. The molecule has 1 aromatic carbocycles. The lowest BCUT2D eigenvalue weighted by molar-refractivity contribution is 0.200. The molecule has 0 aliphatic heterocycles. The van der Waals surface area contributed by atoms with Crippen LogP contribution in [0.5, 0.6) is 5.75 Å². The topological polar surface area (TPSA) is 98.3 Å². The van der Waals surface area contributed by atoms with Crippen molar-refractivity contribution in [3.63, 3.8) is 0 Å². The Balaban J connectivity index is 1.59. The van der Waals surface area contributed by atoms with Crippen LogP contribution in [0.1, 0.15) is 31.3 Å². The summed E-state index contributed by atoms with van der Waals surface area (Å²) in [4.78, 5) is 18.4. The summed E-state index contributed by atoms with van der Waals surface area (Å²) in [5.74, 6) is 1.55. The fourth-order valence-electron chi connectivity index (χ4n) is 2.63. The van der Waals surface area contributed by atoms with Crippen molar-refractivity contribution in [3.05, 3.63) is 48.1 Å². The van der Waals surface area contributed by atoms with Crippen LogP contribution in [-0.4, -0.2) is 45.0 Å². The number of methoxy groups -OCH3 is 1. The molecular weight excluding hydrogens is 360 g/mol. The molecule has 3 aromatic rings. The van der Waals surface area contributed by atoms with Gasteiger partial charge in [-0.3, -0.25) is 4.68 Å². The Bertz CT molecular complexity index is 918. The van der Waals surface area contributed by atoms with Crippen molar-refractivity contribution in [2.24, 2.45) is 0 Å². The molecule has 9 heteroatoms. The van der Waals surface area contributed by atoms with E-state index in [2.05, 4.69) is 20.6 Å². The Kier molecular flexibility index (Phi) is 5.93. The van der Waals surface area contributed by atoms with Crippen molar-refractivity contribution in [2.45, 2.75) is 33.0 Å². The van der Waals surface area contributed by atoms with Crippen LogP contribution in [0.25, 0.3) is 11.4 Å². The SMILES string of the molecule is CCn1cc(CN(C)C(=O)N[C@H](C)c2nc(-c3ccc(OC)cc3)no2)cn1. The van der Waals surface area contributed by atoms with Crippen molar-refractivity contribution in [2.75, 3.05) is 14.2 Å². The van der Waals surface area contributed by atoms with Crippen molar-refractivity contribution in [1.29, 1.82) is 0 Å². The van der Waals surface area contributed by atoms with Gasteiger partial charge in [0.15, 0.2) is 0 Å².